The molecule has 4 atom stereocenters. The molecule has 0 spiro atoms. The first-order valence-corrected chi connectivity index (χ1v) is 7.97. The van der Waals surface area contributed by atoms with Gasteiger partial charge in [0.1, 0.15) is 24.0 Å². The van der Waals surface area contributed by atoms with E-state index in [1.807, 2.05) is 37.3 Å². The van der Waals surface area contributed by atoms with E-state index in [-0.39, 0.29) is 30.8 Å². The average molecular weight is 329 g/mol. The first-order chi connectivity index (χ1) is 11.6. The molecule has 2 aromatic rings. The molecule has 0 saturated carbocycles. The Bertz CT molecular complexity index is 746. The number of nitrogens with zero attached hydrogens (tertiary/aromatic N) is 1. The van der Waals surface area contributed by atoms with E-state index in [2.05, 4.69) is 15.5 Å². The first kappa shape index (κ1) is 15.3. The molecule has 2 fully saturated rings. The number of aliphatic hydroxyl groups excluding tert-OH is 1. The maximum Gasteiger partial charge on any atom is 0.269 e. The molecule has 2 aliphatic heterocycles. The Morgan fingerprint density at radius 2 is 2.00 bits per heavy atom. The fraction of sp³-hybridized carbons (Fsp3) is 0.412. The average Bonchev–Trinajstić information content (AvgIpc) is 3.26. The number of ether oxygens (including phenoxy) is 2. The topological polar surface area (TPSA) is 96.5 Å². The molecule has 3 heterocycles. The molecule has 2 aliphatic rings. The second-order valence-corrected chi connectivity index (χ2v) is 6.18. The van der Waals surface area contributed by atoms with Gasteiger partial charge in [0.05, 0.1) is 24.9 Å². The summed E-state index contributed by atoms with van der Waals surface area (Å²) in [6.45, 7) is 2.43. The molecular weight excluding hydrogens is 310 g/mol. The molecule has 0 aliphatic carbocycles. The highest BCUT2D eigenvalue weighted by molar-refractivity contribution is 5.95. The van der Waals surface area contributed by atoms with Gasteiger partial charge in [0, 0.05) is 11.1 Å². The van der Waals surface area contributed by atoms with E-state index < -0.39 is 6.10 Å². The molecule has 1 amide bonds. The minimum Gasteiger partial charge on any atom is -0.388 e. The predicted molar refractivity (Wildman–Crippen MR) is 85.5 cm³/mol. The third-order valence-corrected chi connectivity index (χ3v) is 4.63. The number of aromatic nitrogens is 2. The molecule has 1 aromatic carbocycles. The zero-order chi connectivity index (χ0) is 16.7. The number of carbonyl (C=O) groups excluding carboxylic acids is 1. The van der Waals surface area contributed by atoms with Gasteiger partial charge in [0.2, 0.25) is 0 Å². The Morgan fingerprint density at radius 3 is 2.79 bits per heavy atom. The lowest BCUT2D eigenvalue weighted by atomic mass is 10.1. The fourth-order valence-corrected chi connectivity index (χ4v) is 3.34. The van der Waals surface area contributed by atoms with Crippen molar-refractivity contribution in [2.75, 3.05) is 13.2 Å². The highest BCUT2D eigenvalue weighted by atomic mass is 16.6. The summed E-state index contributed by atoms with van der Waals surface area (Å²) in [6.07, 6.45) is -1.30. The number of rotatable bonds is 3. The second kappa shape index (κ2) is 6.01. The van der Waals surface area contributed by atoms with E-state index in [4.69, 9.17) is 9.47 Å². The van der Waals surface area contributed by atoms with Gasteiger partial charge < -0.3 is 19.9 Å². The Kier molecular flexibility index (Phi) is 3.84. The molecule has 0 radical (unpaired) electrons. The van der Waals surface area contributed by atoms with Gasteiger partial charge in [-0.25, -0.2) is 0 Å². The maximum absolute atomic E-state index is 12.6. The van der Waals surface area contributed by atoms with Gasteiger partial charge in [-0.1, -0.05) is 30.3 Å². The molecule has 2 saturated heterocycles. The number of aliphatic hydroxyl groups is 1. The Labute approximate surface area is 139 Å². The minimum absolute atomic E-state index is 0.239. The summed E-state index contributed by atoms with van der Waals surface area (Å²) in [5, 5.41) is 19.8. The number of hydrogen-bond acceptors (Lipinski definition) is 5. The van der Waals surface area contributed by atoms with Crippen LogP contribution in [0, 0.1) is 6.92 Å². The molecule has 0 unspecified atom stereocenters. The SMILES string of the molecule is Cc1c(-c2ccccc2)n[nH]c1C(=O)N[C@H]1CO[C@H]2[C@@H]1OC[C@H]2O. The third-order valence-electron chi connectivity index (χ3n) is 4.63. The van der Waals surface area contributed by atoms with E-state index >= 15 is 0 Å². The van der Waals surface area contributed by atoms with Crippen LogP contribution in [-0.4, -0.2) is 58.8 Å². The lowest BCUT2D eigenvalue weighted by molar-refractivity contribution is 0.0178. The third kappa shape index (κ3) is 2.50. The summed E-state index contributed by atoms with van der Waals surface area (Å²) in [4.78, 5) is 12.6. The molecule has 0 bridgehead atoms. The van der Waals surface area contributed by atoms with E-state index in [0.29, 0.717) is 12.3 Å². The molecule has 4 rings (SSSR count). The summed E-state index contributed by atoms with van der Waals surface area (Å²) in [7, 11) is 0. The zero-order valence-corrected chi connectivity index (χ0v) is 13.2. The van der Waals surface area contributed by atoms with Crippen molar-refractivity contribution in [3.05, 3.63) is 41.6 Å². The van der Waals surface area contributed by atoms with Gasteiger partial charge in [-0.3, -0.25) is 9.89 Å². The number of fused-ring (bicyclic) bond motifs is 1. The van der Waals surface area contributed by atoms with Crippen LogP contribution in [0.5, 0.6) is 0 Å². The van der Waals surface area contributed by atoms with Gasteiger partial charge >= 0.3 is 0 Å². The number of H-pyrrole nitrogens is 1. The van der Waals surface area contributed by atoms with Crippen LogP contribution in [0.1, 0.15) is 16.1 Å². The van der Waals surface area contributed by atoms with Crippen molar-refractivity contribution in [2.24, 2.45) is 0 Å². The van der Waals surface area contributed by atoms with Crippen LogP contribution in [0.3, 0.4) is 0 Å². The fourth-order valence-electron chi connectivity index (χ4n) is 3.34. The van der Waals surface area contributed by atoms with Crippen LogP contribution in [0.4, 0.5) is 0 Å². The summed E-state index contributed by atoms with van der Waals surface area (Å²) in [6, 6.07) is 9.43. The first-order valence-electron chi connectivity index (χ1n) is 7.97. The second-order valence-electron chi connectivity index (χ2n) is 6.18. The molecular formula is C17H19N3O4. The Morgan fingerprint density at radius 1 is 1.25 bits per heavy atom. The molecule has 126 valence electrons. The summed E-state index contributed by atoms with van der Waals surface area (Å²) < 4.78 is 11.1. The number of hydrogen-bond donors (Lipinski definition) is 3. The molecule has 7 nitrogen and oxygen atoms in total. The Balaban J connectivity index is 1.51. The lowest BCUT2D eigenvalue weighted by Gasteiger charge is -2.17. The summed E-state index contributed by atoms with van der Waals surface area (Å²) in [5.41, 5.74) is 2.93. The van der Waals surface area contributed by atoms with Gasteiger partial charge in [-0.05, 0) is 6.92 Å². The summed E-state index contributed by atoms with van der Waals surface area (Å²) >= 11 is 0. The lowest BCUT2D eigenvalue weighted by Crippen LogP contribution is -2.44. The number of nitrogens with one attached hydrogen (secondary N) is 2. The largest absolute Gasteiger partial charge is 0.388 e. The Hall–Kier alpha value is -2.22. The highest BCUT2D eigenvalue weighted by Crippen LogP contribution is 2.28. The maximum atomic E-state index is 12.6. The number of benzene rings is 1. The van der Waals surface area contributed by atoms with Gasteiger partial charge in [0.15, 0.2) is 0 Å². The molecule has 1 aromatic heterocycles. The molecule has 24 heavy (non-hydrogen) atoms. The van der Waals surface area contributed by atoms with Crippen molar-refractivity contribution in [3.8, 4) is 11.3 Å². The predicted octanol–water partition coefficient (Wildman–Crippen LogP) is 0.642. The van der Waals surface area contributed by atoms with Gasteiger partial charge in [-0.2, -0.15) is 5.10 Å². The van der Waals surface area contributed by atoms with Crippen molar-refractivity contribution in [1.82, 2.24) is 15.5 Å². The van der Waals surface area contributed by atoms with Crippen LogP contribution in [0.2, 0.25) is 0 Å². The van der Waals surface area contributed by atoms with Crippen molar-refractivity contribution in [1.29, 1.82) is 0 Å². The zero-order valence-electron chi connectivity index (χ0n) is 13.2. The van der Waals surface area contributed by atoms with E-state index in [1.54, 1.807) is 0 Å². The van der Waals surface area contributed by atoms with Gasteiger partial charge in [0.25, 0.3) is 5.91 Å². The van der Waals surface area contributed by atoms with E-state index in [9.17, 15) is 9.90 Å². The van der Waals surface area contributed by atoms with Crippen LogP contribution in [0.25, 0.3) is 11.3 Å². The summed E-state index contributed by atoms with van der Waals surface area (Å²) in [5.74, 6) is -0.249. The minimum atomic E-state index is -0.629. The van der Waals surface area contributed by atoms with Crippen molar-refractivity contribution in [2.45, 2.75) is 31.3 Å². The van der Waals surface area contributed by atoms with Crippen LogP contribution in [-0.2, 0) is 9.47 Å². The van der Waals surface area contributed by atoms with E-state index in [0.717, 1.165) is 16.8 Å². The number of aromatic amines is 1. The quantitative estimate of drug-likeness (QED) is 0.768. The highest BCUT2D eigenvalue weighted by Gasteiger charge is 2.47. The molecule has 7 heteroatoms. The van der Waals surface area contributed by atoms with Crippen LogP contribution >= 0.6 is 0 Å². The standard InChI is InChI=1S/C17H19N3O4/c1-9-13(10-5-3-2-4-6-10)19-20-14(9)17(22)18-11-7-23-16-12(21)8-24-15(11)16/h2-6,11-12,15-16,21H,7-8H2,1H3,(H,18,22)(H,19,20)/t11-,12+,15+,16+/m0/s1. The van der Waals surface area contributed by atoms with Crippen molar-refractivity contribution in [3.63, 3.8) is 0 Å². The number of amides is 1. The number of carbonyl (C=O) groups is 1. The van der Waals surface area contributed by atoms with E-state index in [1.165, 1.54) is 0 Å². The van der Waals surface area contributed by atoms with Crippen molar-refractivity contribution >= 4 is 5.91 Å². The molecule has 3 N–H and O–H groups in total. The smallest absolute Gasteiger partial charge is 0.269 e. The normalized spacial score (nSPS) is 28.8. The van der Waals surface area contributed by atoms with Crippen molar-refractivity contribution < 1.29 is 19.4 Å². The van der Waals surface area contributed by atoms with Crippen LogP contribution in [0.15, 0.2) is 30.3 Å². The van der Waals surface area contributed by atoms with Crippen LogP contribution < -0.4 is 5.32 Å². The van der Waals surface area contributed by atoms with Gasteiger partial charge in [-0.15, -0.1) is 0 Å². The monoisotopic (exact) mass is 329 g/mol.